The average Bonchev–Trinajstić information content (AvgIpc) is 2.69. The molecule has 0 amide bonds. The monoisotopic (exact) mass is 265 g/mol. The number of nitrogens with zero attached hydrogens (tertiary/aromatic N) is 2. The number of nitrogens with one attached hydrogen (secondary N) is 1. The number of rotatable bonds is 3. The molecule has 1 aliphatic heterocycles. The zero-order chi connectivity index (χ0) is 8.93. The third-order valence-electron chi connectivity index (χ3n) is 1.74. The zero-order valence-electron chi connectivity index (χ0n) is 8.05. The number of hydrogen-bond acceptors (Lipinski definition) is 4. The molecule has 3 nitrogen and oxygen atoms in total. The van der Waals surface area contributed by atoms with Crippen molar-refractivity contribution in [1.82, 2.24) is 10.3 Å². The Kier molecular flexibility index (Phi) is 7.56. The van der Waals surface area contributed by atoms with Crippen molar-refractivity contribution in [3.63, 3.8) is 0 Å². The van der Waals surface area contributed by atoms with E-state index in [0.29, 0.717) is 0 Å². The molecule has 0 spiro atoms. The van der Waals surface area contributed by atoms with Crippen LogP contribution in [0.15, 0.2) is 34.4 Å². The first-order chi connectivity index (χ1) is 6.45. The molecule has 84 valence electrons. The van der Waals surface area contributed by atoms with E-state index >= 15 is 0 Å². The summed E-state index contributed by atoms with van der Waals surface area (Å²) in [5.74, 6) is 1.99. The van der Waals surface area contributed by atoms with Crippen LogP contribution in [0.2, 0.25) is 0 Å². The van der Waals surface area contributed by atoms with Gasteiger partial charge in [0.1, 0.15) is 5.84 Å². The lowest BCUT2D eigenvalue weighted by Crippen LogP contribution is -2.20. The summed E-state index contributed by atoms with van der Waals surface area (Å²) < 4.78 is 0. The molecule has 0 bridgehead atoms. The molecule has 6 heteroatoms. The number of aromatic nitrogens is 1. The summed E-state index contributed by atoms with van der Waals surface area (Å²) in [6.45, 7) is 1.90. The van der Waals surface area contributed by atoms with Crippen molar-refractivity contribution in [3.05, 3.63) is 24.4 Å². The Morgan fingerprint density at radius 3 is 2.80 bits per heavy atom. The van der Waals surface area contributed by atoms with Gasteiger partial charge in [0.05, 0.1) is 17.3 Å². The minimum Gasteiger partial charge on any atom is -0.371 e. The predicted molar refractivity (Wildman–Crippen MR) is 69.8 cm³/mol. The number of aliphatic imine (C=N–C) groups is 1. The Morgan fingerprint density at radius 2 is 2.20 bits per heavy atom. The van der Waals surface area contributed by atoms with E-state index in [0.717, 1.165) is 29.7 Å². The third kappa shape index (κ3) is 4.73. The summed E-state index contributed by atoms with van der Waals surface area (Å²) in [4.78, 5) is 8.53. The second-order valence-electron chi connectivity index (χ2n) is 2.71. The van der Waals surface area contributed by atoms with Gasteiger partial charge in [-0.3, -0.25) is 4.99 Å². The highest BCUT2D eigenvalue weighted by Crippen LogP contribution is 2.13. The molecule has 2 rings (SSSR count). The molecule has 1 N–H and O–H groups in total. The maximum Gasteiger partial charge on any atom is 0.107 e. The smallest absolute Gasteiger partial charge is 0.107 e. The third-order valence-corrected chi connectivity index (χ3v) is 2.69. The van der Waals surface area contributed by atoms with Gasteiger partial charge in [-0.25, -0.2) is 4.98 Å². The Hall–Kier alpha value is -0.450. The molecule has 0 aromatic carbocycles. The topological polar surface area (TPSA) is 37.3 Å². The van der Waals surface area contributed by atoms with Gasteiger partial charge in [-0.05, 0) is 12.1 Å². The molecule has 2 heterocycles. The van der Waals surface area contributed by atoms with Crippen molar-refractivity contribution in [2.24, 2.45) is 4.99 Å². The van der Waals surface area contributed by atoms with Crippen LogP contribution in [0, 0.1) is 0 Å². The number of amidine groups is 1. The van der Waals surface area contributed by atoms with E-state index in [-0.39, 0.29) is 24.8 Å². The van der Waals surface area contributed by atoms with E-state index in [4.69, 9.17) is 0 Å². The second kappa shape index (κ2) is 7.79. The first-order valence-electron chi connectivity index (χ1n) is 4.26. The zero-order valence-corrected chi connectivity index (χ0v) is 10.5. The molecule has 1 aromatic heterocycles. The summed E-state index contributed by atoms with van der Waals surface area (Å²) in [6, 6.07) is 5.94. The van der Waals surface area contributed by atoms with E-state index in [9.17, 15) is 0 Å². The molecule has 0 atom stereocenters. The van der Waals surface area contributed by atoms with Gasteiger partial charge < -0.3 is 5.32 Å². The largest absolute Gasteiger partial charge is 0.371 e. The maximum atomic E-state index is 4.31. The van der Waals surface area contributed by atoms with Crippen molar-refractivity contribution < 1.29 is 0 Å². The van der Waals surface area contributed by atoms with Crippen LogP contribution in [0.1, 0.15) is 0 Å². The molecule has 0 aliphatic carbocycles. The van der Waals surface area contributed by atoms with Crippen LogP contribution in [0.3, 0.4) is 0 Å². The first-order valence-corrected chi connectivity index (χ1v) is 5.25. The standard InChI is InChI=1S/C9H11N3S.2ClH/c1-2-4-12-9(3-1)13-7-8-10-5-6-11-8;;/h1-4H,5-7H2,(H,10,11);2*1H. The van der Waals surface area contributed by atoms with Crippen molar-refractivity contribution in [3.8, 4) is 0 Å². The van der Waals surface area contributed by atoms with Gasteiger partial charge in [0.2, 0.25) is 0 Å². The van der Waals surface area contributed by atoms with Crippen LogP contribution >= 0.6 is 36.6 Å². The molecular weight excluding hydrogens is 253 g/mol. The molecule has 0 unspecified atom stereocenters. The van der Waals surface area contributed by atoms with E-state index < -0.39 is 0 Å². The fraction of sp³-hybridized carbons (Fsp3) is 0.333. The molecule has 0 radical (unpaired) electrons. The molecular formula is C9H13Cl2N3S. The average molecular weight is 266 g/mol. The van der Waals surface area contributed by atoms with Gasteiger partial charge in [-0.2, -0.15) is 0 Å². The lowest BCUT2D eigenvalue weighted by atomic mass is 10.5. The summed E-state index contributed by atoms with van der Waals surface area (Å²) >= 11 is 1.71. The van der Waals surface area contributed by atoms with Crippen molar-refractivity contribution in [1.29, 1.82) is 0 Å². The summed E-state index contributed by atoms with van der Waals surface area (Å²) in [5, 5.41) is 4.28. The molecule has 0 fully saturated rings. The van der Waals surface area contributed by atoms with Gasteiger partial charge in [0.15, 0.2) is 0 Å². The van der Waals surface area contributed by atoms with Gasteiger partial charge in [-0.15, -0.1) is 24.8 Å². The van der Waals surface area contributed by atoms with E-state index in [1.807, 2.05) is 24.4 Å². The van der Waals surface area contributed by atoms with Crippen molar-refractivity contribution >= 4 is 42.4 Å². The molecule has 1 aromatic rings. The SMILES string of the molecule is Cl.Cl.c1ccc(SCC2=NCCN2)nc1. The van der Waals surface area contributed by atoms with E-state index in [1.165, 1.54) is 0 Å². The van der Waals surface area contributed by atoms with Crippen LogP contribution < -0.4 is 5.32 Å². The van der Waals surface area contributed by atoms with Crippen LogP contribution in [0.5, 0.6) is 0 Å². The summed E-state index contributed by atoms with van der Waals surface area (Å²) in [5.41, 5.74) is 0. The lowest BCUT2D eigenvalue weighted by Gasteiger charge is -2.00. The Labute approximate surface area is 106 Å². The first kappa shape index (κ1) is 14.6. The highest BCUT2D eigenvalue weighted by atomic mass is 35.5. The highest BCUT2D eigenvalue weighted by Gasteiger charge is 2.04. The number of pyridine rings is 1. The van der Waals surface area contributed by atoms with Crippen LogP contribution in [-0.4, -0.2) is 29.7 Å². The van der Waals surface area contributed by atoms with E-state index in [2.05, 4.69) is 15.3 Å². The van der Waals surface area contributed by atoms with Crippen LogP contribution in [-0.2, 0) is 0 Å². The Balaban J connectivity index is 0.000000980. The van der Waals surface area contributed by atoms with Crippen LogP contribution in [0.25, 0.3) is 0 Å². The van der Waals surface area contributed by atoms with Crippen molar-refractivity contribution in [2.45, 2.75) is 5.03 Å². The molecule has 0 saturated carbocycles. The highest BCUT2D eigenvalue weighted by molar-refractivity contribution is 7.99. The van der Waals surface area contributed by atoms with Gasteiger partial charge >= 0.3 is 0 Å². The van der Waals surface area contributed by atoms with Gasteiger partial charge in [-0.1, -0.05) is 17.8 Å². The molecule has 0 saturated heterocycles. The van der Waals surface area contributed by atoms with E-state index in [1.54, 1.807) is 11.8 Å². The van der Waals surface area contributed by atoms with Crippen LogP contribution in [0.4, 0.5) is 0 Å². The Bertz CT molecular complexity index is 305. The summed E-state index contributed by atoms with van der Waals surface area (Å²) in [6.07, 6.45) is 1.81. The second-order valence-corrected chi connectivity index (χ2v) is 3.71. The lowest BCUT2D eigenvalue weighted by molar-refractivity contribution is 0.959. The maximum absolute atomic E-state index is 4.31. The molecule has 1 aliphatic rings. The minimum absolute atomic E-state index is 0. The van der Waals surface area contributed by atoms with Crippen molar-refractivity contribution in [2.75, 3.05) is 18.8 Å². The fourth-order valence-electron chi connectivity index (χ4n) is 1.12. The van der Waals surface area contributed by atoms with Gasteiger partial charge in [0, 0.05) is 12.7 Å². The fourth-order valence-corrected chi connectivity index (χ4v) is 1.91. The minimum atomic E-state index is 0. The predicted octanol–water partition coefficient (Wildman–Crippen LogP) is 2.02. The quantitative estimate of drug-likeness (QED) is 0.850. The summed E-state index contributed by atoms with van der Waals surface area (Å²) in [7, 11) is 0. The number of hydrogen-bond donors (Lipinski definition) is 1. The normalized spacial score (nSPS) is 13.2. The number of thioether (sulfide) groups is 1. The Morgan fingerprint density at radius 1 is 1.33 bits per heavy atom. The number of halogens is 2. The van der Waals surface area contributed by atoms with Gasteiger partial charge in [0.25, 0.3) is 0 Å². The molecule has 15 heavy (non-hydrogen) atoms.